The number of benzene rings is 2. The van der Waals surface area contributed by atoms with Crippen molar-refractivity contribution < 1.29 is 4.79 Å². The largest absolute Gasteiger partial charge is 0.304 e. The third kappa shape index (κ3) is 3.48. The summed E-state index contributed by atoms with van der Waals surface area (Å²) >= 11 is 0. The molecule has 1 aliphatic rings. The lowest BCUT2D eigenvalue weighted by atomic mass is 9.87. The molecule has 3 nitrogen and oxygen atoms in total. The summed E-state index contributed by atoms with van der Waals surface area (Å²) in [7, 11) is 0. The molecule has 0 radical (unpaired) electrons. The van der Waals surface area contributed by atoms with Crippen LogP contribution >= 0.6 is 0 Å². The van der Waals surface area contributed by atoms with Crippen molar-refractivity contribution in [2.45, 2.75) is 32.7 Å². The first-order valence-corrected chi connectivity index (χ1v) is 9.57. The van der Waals surface area contributed by atoms with Gasteiger partial charge in [-0.15, -0.1) is 0 Å². The van der Waals surface area contributed by atoms with Gasteiger partial charge in [0.1, 0.15) is 0 Å². The van der Waals surface area contributed by atoms with Gasteiger partial charge in [0.05, 0.1) is 17.8 Å². The molecule has 0 bridgehead atoms. The van der Waals surface area contributed by atoms with Crippen molar-refractivity contribution in [1.82, 2.24) is 4.98 Å². The zero-order valence-corrected chi connectivity index (χ0v) is 16.5. The van der Waals surface area contributed by atoms with Crippen molar-refractivity contribution in [3.8, 4) is 0 Å². The van der Waals surface area contributed by atoms with E-state index in [9.17, 15) is 4.79 Å². The average molecular weight is 368 g/mol. The van der Waals surface area contributed by atoms with Crippen LogP contribution in [0.3, 0.4) is 0 Å². The lowest BCUT2D eigenvalue weighted by Gasteiger charge is -2.21. The Morgan fingerprint density at radius 1 is 0.929 bits per heavy atom. The van der Waals surface area contributed by atoms with Gasteiger partial charge >= 0.3 is 0 Å². The van der Waals surface area contributed by atoms with Crippen LogP contribution in [-0.4, -0.2) is 10.9 Å². The van der Waals surface area contributed by atoms with Gasteiger partial charge in [0.15, 0.2) is 0 Å². The predicted octanol–water partition coefficient (Wildman–Crippen LogP) is 5.71. The second-order valence-electron chi connectivity index (χ2n) is 8.16. The molecule has 0 fully saturated rings. The molecule has 4 rings (SSSR count). The number of anilines is 1. The molecule has 140 valence electrons. The molecule has 0 saturated heterocycles. The van der Waals surface area contributed by atoms with Gasteiger partial charge in [0.25, 0.3) is 5.91 Å². The number of hydrogen-bond donors (Lipinski definition) is 0. The summed E-state index contributed by atoms with van der Waals surface area (Å²) in [5.41, 5.74) is 5.96. The Balaban J connectivity index is 1.63. The minimum Gasteiger partial charge on any atom is -0.304 e. The number of carbonyl (C=O) groups is 1. The first-order valence-electron chi connectivity index (χ1n) is 9.57. The van der Waals surface area contributed by atoms with E-state index in [-0.39, 0.29) is 11.3 Å². The summed E-state index contributed by atoms with van der Waals surface area (Å²) in [5.74, 6) is 0.0554. The smallest absolute Gasteiger partial charge is 0.259 e. The number of fused-ring (bicyclic) bond motifs is 1. The average Bonchev–Trinajstić information content (AvgIpc) is 3.04. The molecule has 2 aromatic carbocycles. The van der Waals surface area contributed by atoms with Crippen LogP contribution in [0.4, 0.5) is 5.69 Å². The number of hydrogen-bond acceptors (Lipinski definition) is 2. The van der Waals surface area contributed by atoms with Gasteiger partial charge in [-0.25, -0.2) is 0 Å². The Labute approximate surface area is 166 Å². The number of carbonyl (C=O) groups excluding carboxylic acids is 1. The zero-order valence-electron chi connectivity index (χ0n) is 16.5. The van der Waals surface area contributed by atoms with Gasteiger partial charge in [-0.2, -0.15) is 0 Å². The Bertz CT molecular complexity index is 1030. The number of rotatable bonds is 3. The van der Waals surface area contributed by atoms with Crippen LogP contribution in [0.5, 0.6) is 0 Å². The van der Waals surface area contributed by atoms with E-state index >= 15 is 0 Å². The van der Waals surface area contributed by atoms with Gasteiger partial charge in [0, 0.05) is 11.9 Å². The predicted molar refractivity (Wildman–Crippen MR) is 115 cm³/mol. The minimum atomic E-state index is 0.0554. The SMILES string of the molecule is CC(C)(C)c1ccc(N2Cc3cccc(/C=C/c4ccccn4)c3C2=O)cc1. The van der Waals surface area contributed by atoms with Crippen LogP contribution < -0.4 is 4.90 Å². The Morgan fingerprint density at radius 3 is 2.39 bits per heavy atom. The fraction of sp³-hybridized carbons (Fsp3) is 0.200. The van der Waals surface area contributed by atoms with Crippen LogP contribution in [-0.2, 0) is 12.0 Å². The van der Waals surface area contributed by atoms with Gasteiger partial charge in [-0.05, 0) is 52.4 Å². The van der Waals surface area contributed by atoms with Crippen molar-refractivity contribution >= 4 is 23.7 Å². The molecule has 0 atom stereocenters. The molecule has 3 heteroatoms. The van der Waals surface area contributed by atoms with Crippen LogP contribution in [0.15, 0.2) is 66.9 Å². The molecule has 1 amide bonds. The van der Waals surface area contributed by atoms with E-state index < -0.39 is 0 Å². The standard InChI is InChI=1S/C25H24N2O/c1-25(2,3)20-11-14-22(15-12-20)27-17-19-8-6-7-18(23(19)24(27)28)10-13-21-9-4-5-16-26-21/h4-16H,17H2,1-3H3/b13-10+. The molecule has 0 N–H and O–H groups in total. The van der Waals surface area contributed by atoms with E-state index in [0.717, 1.165) is 28.1 Å². The third-order valence-corrected chi connectivity index (χ3v) is 5.14. The first kappa shape index (κ1) is 18.2. The molecule has 3 aromatic rings. The molecule has 0 unspecified atom stereocenters. The van der Waals surface area contributed by atoms with Gasteiger partial charge in [0.2, 0.25) is 0 Å². The molecule has 2 heterocycles. The number of aromatic nitrogens is 1. The molecule has 28 heavy (non-hydrogen) atoms. The van der Waals surface area contributed by atoms with E-state index in [1.54, 1.807) is 6.20 Å². The lowest BCUT2D eigenvalue weighted by molar-refractivity contribution is 0.0996. The maximum absolute atomic E-state index is 13.2. The van der Waals surface area contributed by atoms with Crippen molar-refractivity contribution in [1.29, 1.82) is 0 Å². The highest BCUT2D eigenvalue weighted by atomic mass is 16.2. The Kier molecular flexibility index (Phi) is 4.60. The van der Waals surface area contributed by atoms with Crippen LogP contribution in [0.2, 0.25) is 0 Å². The monoisotopic (exact) mass is 368 g/mol. The Hall–Kier alpha value is -3.20. The van der Waals surface area contributed by atoms with E-state index in [1.807, 2.05) is 65.6 Å². The maximum atomic E-state index is 13.2. The Morgan fingerprint density at radius 2 is 1.71 bits per heavy atom. The summed E-state index contributed by atoms with van der Waals surface area (Å²) in [6.07, 6.45) is 5.69. The third-order valence-electron chi connectivity index (χ3n) is 5.14. The van der Waals surface area contributed by atoms with Crippen molar-refractivity contribution in [2.24, 2.45) is 0 Å². The number of pyridine rings is 1. The van der Waals surface area contributed by atoms with Gasteiger partial charge in [-0.3, -0.25) is 9.78 Å². The molecule has 1 aliphatic heterocycles. The van der Waals surface area contributed by atoms with E-state index in [1.165, 1.54) is 5.56 Å². The highest BCUT2D eigenvalue weighted by Crippen LogP contribution is 2.32. The molecule has 0 spiro atoms. The number of nitrogens with zero attached hydrogens (tertiary/aromatic N) is 2. The maximum Gasteiger partial charge on any atom is 0.259 e. The topological polar surface area (TPSA) is 33.2 Å². The number of amides is 1. The quantitative estimate of drug-likeness (QED) is 0.593. The van der Waals surface area contributed by atoms with Crippen molar-refractivity contribution in [3.05, 3.63) is 94.8 Å². The summed E-state index contributed by atoms with van der Waals surface area (Å²) in [5, 5.41) is 0. The summed E-state index contributed by atoms with van der Waals surface area (Å²) in [4.78, 5) is 19.4. The van der Waals surface area contributed by atoms with Crippen LogP contribution in [0, 0.1) is 0 Å². The fourth-order valence-corrected chi connectivity index (χ4v) is 3.53. The van der Waals surface area contributed by atoms with Crippen molar-refractivity contribution in [2.75, 3.05) is 4.90 Å². The molecule has 0 saturated carbocycles. The highest BCUT2D eigenvalue weighted by Gasteiger charge is 2.30. The molecular weight excluding hydrogens is 344 g/mol. The van der Waals surface area contributed by atoms with Crippen LogP contribution in [0.25, 0.3) is 12.2 Å². The first-order chi connectivity index (χ1) is 13.4. The second-order valence-corrected chi connectivity index (χ2v) is 8.16. The lowest BCUT2D eigenvalue weighted by Crippen LogP contribution is -2.23. The molecule has 0 aliphatic carbocycles. The summed E-state index contributed by atoms with van der Waals surface area (Å²) in [6.45, 7) is 7.19. The summed E-state index contributed by atoms with van der Waals surface area (Å²) < 4.78 is 0. The molecule has 1 aromatic heterocycles. The van der Waals surface area contributed by atoms with Crippen LogP contribution in [0.1, 0.15) is 53.5 Å². The van der Waals surface area contributed by atoms with Gasteiger partial charge < -0.3 is 4.90 Å². The van der Waals surface area contributed by atoms with E-state index in [0.29, 0.717) is 6.54 Å². The van der Waals surface area contributed by atoms with E-state index in [2.05, 4.69) is 37.9 Å². The van der Waals surface area contributed by atoms with E-state index in [4.69, 9.17) is 0 Å². The minimum absolute atomic E-state index is 0.0554. The zero-order chi connectivity index (χ0) is 19.7. The second kappa shape index (κ2) is 7.08. The fourth-order valence-electron chi connectivity index (χ4n) is 3.53. The van der Waals surface area contributed by atoms with Gasteiger partial charge in [-0.1, -0.05) is 63.2 Å². The highest BCUT2D eigenvalue weighted by molar-refractivity contribution is 6.12. The summed E-state index contributed by atoms with van der Waals surface area (Å²) in [6, 6.07) is 20.2. The molecular formula is C25H24N2O. The normalized spacial score (nSPS) is 14.0. The van der Waals surface area contributed by atoms with Crippen molar-refractivity contribution in [3.63, 3.8) is 0 Å².